The lowest BCUT2D eigenvalue weighted by Crippen LogP contribution is -2.31. The summed E-state index contributed by atoms with van der Waals surface area (Å²) in [5.41, 5.74) is 3.26. The van der Waals surface area contributed by atoms with Crippen molar-refractivity contribution in [3.8, 4) is 0 Å². The van der Waals surface area contributed by atoms with Gasteiger partial charge >= 0.3 is 0 Å². The van der Waals surface area contributed by atoms with Crippen LogP contribution in [-0.2, 0) is 21.7 Å². The number of aromatic nitrogens is 1. The molecule has 0 aliphatic carbocycles. The molecule has 2 unspecified atom stereocenters. The van der Waals surface area contributed by atoms with Crippen molar-refractivity contribution in [3.63, 3.8) is 0 Å². The Bertz CT molecular complexity index is 755. The summed E-state index contributed by atoms with van der Waals surface area (Å²) in [4.78, 5) is 0. The van der Waals surface area contributed by atoms with Gasteiger partial charge in [-0.25, -0.2) is 0 Å². The quantitative estimate of drug-likeness (QED) is 0.601. The summed E-state index contributed by atoms with van der Waals surface area (Å²) >= 11 is 7.61. The second kappa shape index (κ2) is 9.57. The summed E-state index contributed by atoms with van der Waals surface area (Å²) < 4.78 is 16.5. The first-order chi connectivity index (χ1) is 13.2. The van der Waals surface area contributed by atoms with E-state index in [0.717, 1.165) is 34.2 Å². The Morgan fingerprint density at radius 1 is 1.25 bits per heavy atom. The number of halogens is 1. The zero-order chi connectivity index (χ0) is 20.9. The minimum atomic E-state index is -0.664. The summed E-state index contributed by atoms with van der Waals surface area (Å²) in [5, 5.41) is 5.02. The van der Waals surface area contributed by atoms with Crippen LogP contribution in [0.5, 0.6) is 0 Å². The highest BCUT2D eigenvalue weighted by Gasteiger charge is 2.43. The lowest BCUT2D eigenvalue weighted by atomic mass is 9.90. The number of hydrogen-bond donors (Lipinski definition) is 1. The molecular weight excluding hydrogens is 392 g/mol. The zero-order valence-corrected chi connectivity index (χ0v) is 19.6. The highest BCUT2D eigenvalue weighted by molar-refractivity contribution is 7.11. The molecule has 2 atom stereocenters. The smallest absolute Gasteiger partial charge is 0.192 e. The van der Waals surface area contributed by atoms with Crippen molar-refractivity contribution in [1.82, 2.24) is 4.37 Å². The van der Waals surface area contributed by atoms with Crippen LogP contribution < -0.4 is 5.32 Å². The summed E-state index contributed by atoms with van der Waals surface area (Å²) in [7, 11) is 0. The van der Waals surface area contributed by atoms with E-state index in [-0.39, 0.29) is 11.5 Å². The average Bonchev–Trinajstić information content (AvgIpc) is 3.22. The Hall–Kier alpha value is -1.14. The maximum atomic E-state index is 6.24. The van der Waals surface area contributed by atoms with Crippen LogP contribution in [0.1, 0.15) is 58.4 Å². The van der Waals surface area contributed by atoms with Crippen molar-refractivity contribution in [1.29, 1.82) is 0 Å². The van der Waals surface area contributed by atoms with E-state index in [0.29, 0.717) is 6.61 Å². The highest BCUT2D eigenvalue weighted by atomic mass is 35.5. The molecule has 0 radical (unpaired) electrons. The molecule has 0 bridgehead atoms. The van der Waals surface area contributed by atoms with Gasteiger partial charge in [0, 0.05) is 12.1 Å². The summed E-state index contributed by atoms with van der Waals surface area (Å²) in [6.07, 6.45) is 1.01. The first-order valence-electron chi connectivity index (χ1n) is 9.96. The number of rotatable bonds is 5. The highest BCUT2D eigenvalue weighted by Crippen LogP contribution is 2.39. The van der Waals surface area contributed by atoms with E-state index >= 15 is 0 Å². The molecule has 1 saturated heterocycles. The molecule has 1 aromatic carbocycles. The van der Waals surface area contributed by atoms with Crippen LogP contribution in [0.3, 0.4) is 0 Å². The molecule has 2 aromatic rings. The van der Waals surface area contributed by atoms with Crippen molar-refractivity contribution < 1.29 is 9.47 Å². The number of nitrogens with one attached hydrogen (secondary N) is 1. The van der Waals surface area contributed by atoms with Gasteiger partial charge in [-0.2, -0.15) is 4.37 Å². The lowest BCUT2D eigenvalue weighted by molar-refractivity contribution is -0.172. The fourth-order valence-corrected chi connectivity index (χ4v) is 3.89. The fraction of sp³-hybridized carbons (Fsp3) is 0.591. The van der Waals surface area contributed by atoms with Gasteiger partial charge < -0.3 is 14.8 Å². The molecule has 2 heterocycles. The Morgan fingerprint density at radius 2 is 1.89 bits per heavy atom. The van der Waals surface area contributed by atoms with Crippen molar-refractivity contribution >= 4 is 28.1 Å². The van der Waals surface area contributed by atoms with Crippen LogP contribution in [0.25, 0.3) is 0 Å². The topological polar surface area (TPSA) is 43.4 Å². The molecule has 156 valence electrons. The molecule has 6 heteroatoms. The largest absolute Gasteiger partial charge is 0.374 e. The standard InChI is InChI=1S/C20H27ClN2O2S.C2H6/c1-13-17(21)18(26-23-13)22-11-10-14-6-8-15(9-7-14)20(5)24-12-16(25-20)19(2,3)4;1-2/h6-9,16,22H,10-12H2,1-5H3;1-2H3. The van der Waals surface area contributed by atoms with E-state index in [1.165, 1.54) is 17.1 Å². The van der Waals surface area contributed by atoms with Crippen LogP contribution >= 0.6 is 23.1 Å². The van der Waals surface area contributed by atoms with Crippen LogP contribution in [-0.4, -0.2) is 23.6 Å². The number of anilines is 1. The molecule has 28 heavy (non-hydrogen) atoms. The number of benzene rings is 1. The van der Waals surface area contributed by atoms with Gasteiger partial charge in [0.05, 0.1) is 23.4 Å². The van der Waals surface area contributed by atoms with E-state index in [4.69, 9.17) is 21.1 Å². The van der Waals surface area contributed by atoms with Crippen LogP contribution in [0.4, 0.5) is 5.00 Å². The van der Waals surface area contributed by atoms with Crippen LogP contribution in [0.2, 0.25) is 5.02 Å². The van der Waals surface area contributed by atoms with Gasteiger partial charge in [-0.3, -0.25) is 0 Å². The normalized spacial score (nSPS) is 21.9. The summed E-state index contributed by atoms with van der Waals surface area (Å²) in [5.74, 6) is -0.664. The van der Waals surface area contributed by atoms with Crippen LogP contribution in [0.15, 0.2) is 24.3 Å². The van der Waals surface area contributed by atoms with Gasteiger partial charge in [-0.05, 0) is 42.8 Å². The number of hydrogen-bond acceptors (Lipinski definition) is 5. The van der Waals surface area contributed by atoms with Crippen molar-refractivity contribution in [2.45, 2.75) is 66.8 Å². The zero-order valence-electron chi connectivity index (χ0n) is 18.1. The average molecular weight is 425 g/mol. The maximum Gasteiger partial charge on any atom is 0.192 e. The Labute approximate surface area is 178 Å². The lowest BCUT2D eigenvalue weighted by Gasteiger charge is -2.29. The first kappa shape index (κ1) is 23.1. The monoisotopic (exact) mass is 424 g/mol. The molecule has 1 aliphatic heterocycles. The summed E-state index contributed by atoms with van der Waals surface area (Å²) in [6, 6.07) is 8.48. The van der Waals surface area contributed by atoms with Gasteiger partial charge in [0.2, 0.25) is 0 Å². The van der Waals surface area contributed by atoms with Crippen LogP contribution in [0, 0.1) is 12.3 Å². The predicted octanol–water partition coefficient (Wildman–Crippen LogP) is 6.42. The van der Waals surface area contributed by atoms with Crippen molar-refractivity contribution in [2.75, 3.05) is 18.5 Å². The molecule has 1 aromatic heterocycles. The Kier molecular flexibility index (Phi) is 7.91. The van der Waals surface area contributed by atoms with Gasteiger partial charge in [0.25, 0.3) is 0 Å². The molecule has 0 spiro atoms. The number of aryl methyl sites for hydroxylation is 1. The Morgan fingerprint density at radius 3 is 2.39 bits per heavy atom. The molecule has 1 aliphatic rings. The fourth-order valence-electron chi connectivity index (χ4n) is 2.92. The van der Waals surface area contributed by atoms with Crippen molar-refractivity contribution in [2.24, 2.45) is 5.41 Å². The predicted molar refractivity (Wildman–Crippen MR) is 119 cm³/mol. The third kappa shape index (κ3) is 5.47. The number of ether oxygens (including phenoxy) is 2. The maximum absolute atomic E-state index is 6.24. The summed E-state index contributed by atoms with van der Waals surface area (Å²) in [6.45, 7) is 15.9. The minimum absolute atomic E-state index is 0.0691. The third-order valence-electron chi connectivity index (χ3n) is 4.81. The first-order valence-corrected chi connectivity index (χ1v) is 11.1. The van der Waals surface area contributed by atoms with Gasteiger partial charge in [0.1, 0.15) is 5.00 Å². The third-order valence-corrected chi connectivity index (χ3v) is 6.28. The molecule has 0 saturated carbocycles. The van der Waals surface area contributed by atoms with Crippen molar-refractivity contribution in [3.05, 3.63) is 46.1 Å². The molecule has 3 rings (SSSR count). The van der Waals surface area contributed by atoms with Gasteiger partial charge in [-0.15, -0.1) is 0 Å². The van der Waals surface area contributed by atoms with E-state index in [1.807, 2.05) is 27.7 Å². The minimum Gasteiger partial charge on any atom is -0.374 e. The molecule has 4 nitrogen and oxygen atoms in total. The van der Waals surface area contributed by atoms with Gasteiger partial charge in [0.15, 0.2) is 5.79 Å². The molecule has 0 amide bonds. The SMILES string of the molecule is CC.Cc1nsc(NCCc2ccc(C3(C)OCC(C(C)(C)C)O3)cc2)c1Cl. The Balaban J connectivity index is 0.00000136. The van der Waals surface area contributed by atoms with E-state index < -0.39 is 5.79 Å². The molecule has 1 fully saturated rings. The second-order valence-electron chi connectivity index (χ2n) is 8.01. The molecular formula is C22H33ClN2O2S. The molecule has 1 N–H and O–H groups in total. The van der Waals surface area contributed by atoms with Gasteiger partial charge in [-0.1, -0.05) is 70.5 Å². The van der Waals surface area contributed by atoms with E-state index in [2.05, 4.69) is 54.7 Å². The van der Waals surface area contributed by atoms with E-state index in [1.54, 1.807) is 0 Å². The number of nitrogens with zero attached hydrogens (tertiary/aromatic N) is 1. The second-order valence-corrected chi connectivity index (χ2v) is 9.17. The van der Waals surface area contributed by atoms with E-state index in [9.17, 15) is 0 Å².